The zero-order valence-corrected chi connectivity index (χ0v) is 23.1. The second-order valence-corrected chi connectivity index (χ2v) is 10.1. The number of carbonyl (C=O) groups is 1. The summed E-state index contributed by atoms with van der Waals surface area (Å²) < 4.78 is 19.5. The van der Waals surface area contributed by atoms with E-state index < -0.39 is 12.0 Å². The summed E-state index contributed by atoms with van der Waals surface area (Å²) in [6.07, 6.45) is 1.71. The van der Waals surface area contributed by atoms with E-state index in [4.69, 9.17) is 18.9 Å². The molecular formula is C28H23IN2O5S. The average molecular weight is 626 g/mol. The Labute approximate surface area is 230 Å². The minimum Gasteiger partial charge on any atom is -0.494 e. The van der Waals surface area contributed by atoms with Crippen molar-refractivity contribution in [3.63, 3.8) is 0 Å². The van der Waals surface area contributed by atoms with E-state index in [0.29, 0.717) is 38.7 Å². The highest BCUT2D eigenvalue weighted by Crippen LogP contribution is 2.35. The molecule has 1 aliphatic heterocycles. The second-order valence-electron chi connectivity index (χ2n) is 8.08. The molecule has 0 fully saturated rings. The van der Waals surface area contributed by atoms with Gasteiger partial charge in [0.05, 0.1) is 35.1 Å². The number of carbonyl (C=O) groups excluding carboxylic acids is 1. The average Bonchev–Trinajstić information content (AvgIpc) is 3.46. The van der Waals surface area contributed by atoms with Crippen LogP contribution in [0.5, 0.6) is 5.75 Å². The quantitative estimate of drug-likeness (QED) is 0.223. The van der Waals surface area contributed by atoms with Crippen molar-refractivity contribution in [3.8, 4) is 5.75 Å². The Balaban J connectivity index is 1.80. The third-order valence-corrected chi connectivity index (χ3v) is 7.31. The van der Waals surface area contributed by atoms with Gasteiger partial charge in [-0.3, -0.25) is 9.36 Å². The molecule has 1 aliphatic rings. The summed E-state index contributed by atoms with van der Waals surface area (Å²) in [4.78, 5) is 32.6. The van der Waals surface area contributed by atoms with Crippen LogP contribution < -0.4 is 19.6 Å². The van der Waals surface area contributed by atoms with Crippen LogP contribution in [0.2, 0.25) is 0 Å². The molecule has 0 saturated carbocycles. The van der Waals surface area contributed by atoms with Crippen molar-refractivity contribution in [1.82, 2.24) is 4.57 Å². The number of rotatable bonds is 7. The monoisotopic (exact) mass is 626 g/mol. The van der Waals surface area contributed by atoms with Crippen LogP contribution in [-0.4, -0.2) is 23.8 Å². The van der Waals surface area contributed by atoms with Crippen molar-refractivity contribution in [2.75, 3.05) is 13.2 Å². The summed E-state index contributed by atoms with van der Waals surface area (Å²) in [5, 5.41) is 0. The lowest BCUT2D eigenvalue weighted by Gasteiger charge is -2.26. The SMILES string of the molecule is CCOC(=O)C1=C(c2ccccc2)N=c2s/c(=C\c3ccc(I)o3)c(=O)n2[C@@H]1c1ccc(OCC)cc1. The van der Waals surface area contributed by atoms with E-state index in [2.05, 4.69) is 22.6 Å². The maximum absolute atomic E-state index is 13.8. The number of hydrogen-bond donors (Lipinski definition) is 0. The molecule has 0 radical (unpaired) electrons. The molecule has 3 heterocycles. The molecule has 5 rings (SSSR count). The summed E-state index contributed by atoms with van der Waals surface area (Å²) in [7, 11) is 0. The molecule has 0 bridgehead atoms. The van der Waals surface area contributed by atoms with Crippen molar-refractivity contribution in [3.05, 3.63) is 113 Å². The molecule has 0 unspecified atom stereocenters. The smallest absolute Gasteiger partial charge is 0.338 e. The summed E-state index contributed by atoms with van der Waals surface area (Å²) in [6, 6.07) is 19.8. The number of hydrogen-bond acceptors (Lipinski definition) is 7. The number of fused-ring (bicyclic) bond motifs is 1. The van der Waals surface area contributed by atoms with Gasteiger partial charge in [-0.05, 0) is 66.3 Å². The Bertz CT molecular complexity index is 1650. The molecule has 9 heteroatoms. The van der Waals surface area contributed by atoms with Gasteiger partial charge < -0.3 is 13.9 Å². The molecule has 7 nitrogen and oxygen atoms in total. The molecule has 0 aliphatic carbocycles. The first-order valence-electron chi connectivity index (χ1n) is 11.8. The Morgan fingerprint density at radius 2 is 1.84 bits per heavy atom. The highest BCUT2D eigenvalue weighted by Gasteiger charge is 2.35. The van der Waals surface area contributed by atoms with Gasteiger partial charge in [0.1, 0.15) is 11.5 Å². The topological polar surface area (TPSA) is 83.0 Å². The van der Waals surface area contributed by atoms with Crippen LogP contribution in [0.4, 0.5) is 0 Å². The van der Waals surface area contributed by atoms with E-state index in [0.717, 1.165) is 14.9 Å². The number of thiazole rings is 1. The van der Waals surface area contributed by atoms with E-state index >= 15 is 0 Å². The predicted molar refractivity (Wildman–Crippen MR) is 150 cm³/mol. The van der Waals surface area contributed by atoms with Gasteiger partial charge in [-0.15, -0.1) is 0 Å². The third kappa shape index (κ3) is 5.05. The van der Waals surface area contributed by atoms with Gasteiger partial charge in [0.25, 0.3) is 5.56 Å². The summed E-state index contributed by atoms with van der Waals surface area (Å²) in [5.74, 6) is 0.759. The maximum atomic E-state index is 13.8. The number of esters is 1. The highest BCUT2D eigenvalue weighted by atomic mass is 127. The van der Waals surface area contributed by atoms with Crippen LogP contribution in [-0.2, 0) is 9.53 Å². The normalized spacial score (nSPS) is 15.3. The number of aromatic nitrogens is 1. The molecule has 0 N–H and O–H groups in total. The zero-order valence-electron chi connectivity index (χ0n) is 20.1. The van der Waals surface area contributed by atoms with Gasteiger partial charge in [0.15, 0.2) is 8.57 Å². The van der Waals surface area contributed by atoms with E-state index in [-0.39, 0.29) is 12.2 Å². The Morgan fingerprint density at radius 3 is 2.49 bits per heavy atom. The molecule has 4 aromatic rings. The van der Waals surface area contributed by atoms with Gasteiger partial charge in [0.2, 0.25) is 0 Å². The molecule has 0 saturated heterocycles. The molecular weight excluding hydrogens is 603 g/mol. The lowest BCUT2D eigenvalue weighted by Crippen LogP contribution is -2.40. The molecule has 0 spiro atoms. The fourth-order valence-electron chi connectivity index (χ4n) is 4.20. The van der Waals surface area contributed by atoms with E-state index in [9.17, 15) is 9.59 Å². The van der Waals surface area contributed by atoms with Crippen molar-refractivity contribution >= 4 is 51.7 Å². The number of furan rings is 1. The molecule has 2 aromatic carbocycles. The first-order valence-corrected chi connectivity index (χ1v) is 13.7. The van der Waals surface area contributed by atoms with Crippen molar-refractivity contribution in [2.24, 2.45) is 4.99 Å². The number of benzene rings is 2. The molecule has 1 atom stereocenters. The Morgan fingerprint density at radius 1 is 1.08 bits per heavy atom. The van der Waals surface area contributed by atoms with Crippen LogP contribution in [0.15, 0.2) is 86.5 Å². The van der Waals surface area contributed by atoms with Gasteiger partial charge >= 0.3 is 5.97 Å². The van der Waals surface area contributed by atoms with E-state index in [1.54, 1.807) is 17.6 Å². The lowest BCUT2D eigenvalue weighted by atomic mass is 9.93. The maximum Gasteiger partial charge on any atom is 0.338 e. The summed E-state index contributed by atoms with van der Waals surface area (Å²) in [5.41, 5.74) is 2.04. The van der Waals surface area contributed by atoms with Crippen molar-refractivity contribution < 1.29 is 18.7 Å². The van der Waals surface area contributed by atoms with Gasteiger partial charge in [-0.1, -0.05) is 53.8 Å². The van der Waals surface area contributed by atoms with Crippen LogP contribution >= 0.6 is 33.9 Å². The van der Waals surface area contributed by atoms with Crippen LogP contribution in [0.3, 0.4) is 0 Å². The molecule has 188 valence electrons. The van der Waals surface area contributed by atoms with Crippen LogP contribution in [0, 0.1) is 3.77 Å². The predicted octanol–water partition coefficient (Wildman–Crippen LogP) is 4.53. The summed E-state index contributed by atoms with van der Waals surface area (Å²) >= 11 is 3.34. The van der Waals surface area contributed by atoms with Crippen molar-refractivity contribution in [2.45, 2.75) is 19.9 Å². The number of halogens is 1. The van der Waals surface area contributed by atoms with Gasteiger partial charge in [0, 0.05) is 11.6 Å². The molecule has 37 heavy (non-hydrogen) atoms. The van der Waals surface area contributed by atoms with E-state index in [1.165, 1.54) is 11.3 Å². The zero-order chi connectivity index (χ0) is 25.9. The lowest BCUT2D eigenvalue weighted by molar-refractivity contribution is -0.138. The Kier molecular flexibility index (Phi) is 7.43. The first-order chi connectivity index (χ1) is 18.0. The largest absolute Gasteiger partial charge is 0.494 e. The van der Waals surface area contributed by atoms with Crippen LogP contribution in [0.1, 0.15) is 36.8 Å². The summed E-state index contributed by atoms with van der Waals surface area (Å²) in [6.45, 7) is 4.40. The van der Waals surface area contributed by atoms with Gasteiger partial charge in [-0.2, -0.15) is 0 Å². The highest BCUT2D eigenvalue weighted by molar-refractivity contribution is 14.1. The third-order valence-electron chi connectivity index (χ3n) is 5.75. The number of nitrogens with zero attached hydrogens (tertiary/aromatic N) is 2. The van der Waals surface area contributed by atoms with Crippen molar-refractivity contribution in [1.29, 1.82) is 0 Å². The first kappa shape index (κ1) is 25.2. The Hall–Kier alpha value is -3.44. The minimum atomic E-state index is -0.736. The fraction of sp³-hybridized carbons (Fsp3) is 0.179. The van der Waals surface area contributed by atoms with E-state index in [1.807, 2.05) is 73.7 Å². The second kappa shape index (κ2) is 10.9. The van der Waals surface area contributed by atoms with Crippen LogP contribution in [0.25, 0.3) is 11.8 Å². The number of ether oxygens (including phenoxy) is 2. The molecule has 2 aromatic heterocycles. The fourth-order valence-corrected chi connectivity index (χ4v) is 5.62. The minimum absolute atomic E-state index is 0.196. The molecule has 0 amide bonds. The van der Waals surface area contributed by atoms with Gasteiger partial charge in [-0.25, -0.2) is 9.79 Å². The standard InChI is InChI=1S/C28H23IN2O5S/c1-3-34-19-12-10-18(11-13-19)25-23(27(33)35-4-2)24(17-8-6-5-7-9-17)30-28-31(25)26(32)21(37-28)16-20-14-15-22(29)36-20/h5-16,25H,3-4H2,1-2H3/b21-16-/t25-/m1/s1.